The number of amides is 1. The number of aromatic nitrogens is 3. The van der Waals surface area contributed by atoms with Gasteiger partial charge in [-0.15, -0.1) is 0 Å². The van der Waals surface area contributed by atoms with Gasteiger partial charge in [0.15, 0.2) is 11.5 Å². The van der Waals surface area contributed by atoms with Gasteiger partial charge in [0.2, 0.25) is 0 Å². The van der Waals surface area contributed by atoms with Gasteiger partial charge >= 0.3 is 0 Å². The van der Waals surface area contributed by atoms with Crippen LogP contribution in [0.15, 0.2) is 62.1 Å². The van der Waals surface area contributed by atoms with Crippen LogP contribution in [0.5, 0.6) is 5.75 Å². The Morgan fingerprint density at radius 3 is 2.64 bits per heavy atom. The van der Waals surface area contributed by atoms with E-state index in [0.717, 1.165) is 26.9 Å². The fraction of sp³-hybridized carbons (Fsp3) is 0.208. The zero-order chi connectivity index (χ0) is 23.5. The standard InChI is InChI=1S/C24H22Br2N4O3/c1-14-4-5-15(2)21(10-14)32-13-19-16(3)33-29-22(19)24(31)27-23-20(26)12-30(28-23)11-17-6-8-18(25)9-7-17/h4-10,12H,11,13H2,1-3H3,(H,27,28,31). The lowest BCUT2D eigenvalue weighted by Gasteiger charge is -2.10. The lowest BCUT2D eigenvalue weighted by Crippen LogP contribution is -2.16. The first-order valence-corrected chi connectivity index (χ1v) is 11.8. The lowest BCUT2D eigenvalue weighted by atomic mass is 10.1. The highest BCUT2D eigenvalue weighted by Gasteiger charge is 2.22. The van der Waals surface area contributed by atoms with E-state index in [0.29, 0.717) is 28.2 Å². The Kier molecular flexibility index (Phi) is 6.99. The molecule has 0 spiro atoms. The minimum atomic E-state index is -0.416. The van der Waals surface area contributed by atoms with Crippen LogP contribution in [-0.2, 0) is 13.2 Å². The maximum absolute atomic E-state index is 13.0. The summed E-state index contributed by atoms with van der Waals surface area (Å²) in [5, 5.41) is 11.2. The molecule has 9 heteroatoms. The maximum Gasteiger partial charge on any atom is 0.279 e. The molecule has 0 aliphatic rings. The molecule has 0 fully saturated rings. The van der Waals surface area contributed by atoms with E-state index >= 15 is 0 Å². The second-order valence-corrected chi connectivity index (χ2v) is 9.50. The summed E-state index contributed by atoms with van der Waals surface area (Å²) in [5.41, 5.74) is 3.97. The number of anilines is 1. The van der Waals surface area contributed by atoms with Crippen molar-refractivity contribution in [1.82, 2.24) is 14.9 Å². The summed E-state index contributed by atoms with van der Waals surface area (Å²) in [6, 6.07) is 14.0. The van der Waals surface area contributed by atoms with Crippen molar-refractivity contribution in [3.8, 4) is 5.75 Å². The molecular weight excluding hydrogens is 552 g/mol. The summed E-state index contributed by atoms with van der Waals surface area (Å²) < 4.78 is 14.7. The molecule has 7 nitrogen and oxygen atoms in total. The average Bonchev–Trinajstić information content (AvgIpc) is 3.32. The van der Waals surface area contributed by atoms with Crippen LogP contribution >= 0.6 is 31.9 Å². The molecule has 170 valence electrons. The Morgan fingerprint density at radius 2 is 1.88 bits per heavy atom. The molecule has 0 saturated heterocycles. The van der Waals surface area contributed by atoms with Gasteiger partial charge in [0.25, 0.3) is 5.91 Å². The second-order valence-electron chi connectivity index (χ2n) is 7.73. The summed E-state index contributed by atoms with van der Waals surface area (Å²) in [5.74, 6) is 1.28. The normalized spacial score (nSPS) is 10.9. The molecule has 2 heterocycles. The molecule has 2 aromatic heterocycles. The Hall–Kier alpha value is -2.91. The molecule has 0 atom stereocenters. The van der Waals surface area contributed by atoms with Crippen LogP contribution in [0.4, 0.5) is 5.82 Å². The van der Waals surface area contributed by atoms with Gasteiger partial charge in [-0.25, -0.2) is 0 Å². The number of benzene rings is 2. The topological polar surface area (TPSA) is 82.2 Å². The molecule has 0 aliphatic carbocycles. The van der Waals surface area contributed by atoms with Crippen LogP contribution in [0.3, 0.4) is 0 Å². The molecule has 4 rings (SSSR count). The highest BCUT2D eigenvalue weighted by atomic mass is 79.9. The quantitative estimate of drug-likeness (QED) is 0.284. The van der Waals surface area contributed by atoms with Gasteiger partial charge in [0.1, 0.15) is 18.1 Å². The van der Waals surface area contributed by atoms with Gasteiger partial charge in [-0.05, 0) is 71.6 Å². The average molecular weight is 574 g/mol. The summed E-state index contributed by atoms with van der Waals surface area (Å²) in [4.78, 5) is 13.0. The first-order chi connectivity index (χ1) is 15.8. The van der Waals surface area contributed by atoms with Gasteiger partial charge in [0.05, 0.1) is 16.6 Å². The number of aryl methyl sites for hydroxylation is 3. The van der Waals surface area contributed by atoms with Gasteiger partial charge in [-0.1, -0.05) is 45.4 Å². The fourth-order valence-corrected chi connectivity index (χ4v) is 3.94. The molecule has 0 unspecified atom stereocenters. The smallest absolute Gasteiger partial charge is 0.279 e. The first-order valence-electron chi connectivity index (χ1n) is 10.2. The third kappa shape index (κ3) is 5.54. The Morgan fingerprint density at radius 1 is 1.12 bits per heavy atom. The summed E-state index contributed by atoms with van der Waals surface area (Å²) >= 11 is 6.90. The zero-order valence-corrected chi connectivity index (χ0v) is 21.5. The molecule has 4 aromatic rings. The van der Waals surface area contributed by atoms with E-state index in [1.54, 1.807) is 11.6 Å². The van der Waals surface area contributed by atoms with Crippen molar-refractivity contribution in [2.75, 3.05) is 5.32 Å². The Labute approximate surface area is 208 Å². The minimum Gasteiger partial charge on any atom is -0.488 e. The second kappa shape index (κ2) is 9.93. The van der Waals surface area contributed by atoms with Gasteiger partial charge in [-0.2, -0.15) is 5.10 Å². The summed E-state index contributed by atoms with van der Waals surface area (Å²) in [6.45, 7) is 6.48. The molecule has 0 aliphatic heterocycles. The van der Waals surface area contributed by atoms with Crippen LogP contribution in [0, 0.1) is 20.8 Å². The van der Waals surface area contributed by atoms with Crippen molar-refractivity contribution in [2.24, 2.45) is 0 Å². The summed E-state index contributed by atoms with van der Waals surface area (Å²) in [7, 11) is 0. The maximum atomic E-state index is 13.0. The predicted octanol–water partition coefficient (Wildman–Crippen LogP) is 6.20. The molecule has 0 bridgehead atoms. The van der Waals surface area contributed by atoms with Crippen LogP contribution in [0.1, 0.15) is 38.5 Å². The van der Waals surface area contributed by atoms with Crippen LogP contribution in [0.25, 0.3) is 0 Å². The van der Waals surface area contributed by atoms with Crippen LogP contribution < -0.4 is 10.1 Å². The number of hydrogen-bond acceptors (Lipinski definition) is 5. The highest BCUT2D eigenvalue weighted by Crippen LogP contribution is 2.25. The molecule has 1 amide bonds. The first kappa shape index (κ1) is 23.3. The van der Waals surface area contributed by atoms with Gasteiger partial charge < -0.3 is 14.6 Å². The molecule has 1 N–H and O–H groups in total. The number of carbonyl (C=O) groups is 1. The SMILES string of the molecule is Cc1ccc(C)c(OCc2c(C(=O)Nc3nn(Cc4ccc(Br)cc4)cc3Br)noc2C)c1. The van der Waals surface area contributed by atoms with Crippen molar-refractivity contribution >= 4 is 43.6 Å². The van der Waals surface area contributed by atoms with Crippen LogP contribution in [-0.4, -0.2) is 20.8 Å². The number of nitrogens with zero attached hydrogens (tertiary/aromatic N) is 3. The van der Waals surface area contributed by atoms with Crippen molar-refractivity contribution in [3.05, 3.63) is 91.3 Å². The van der Waals surface area contributed by atoms with E-state index in [4.69, 9.17) is 9.26 Å². The fourth-order valence-electron chi connectivity index (χ4n) is 3.26. The number of ether oxygens (including phenoxy) is 1. The van der Waals surface area contributed by atoms with E-state index in [1.807, 2.05) is 62.5 Å². The largest absolute Gasteiger partial charge is 0.488 e. The number of halogens is 2. The molecular formula is C24H22Br2N4O3. The Bertz CT molecular complexity index is 1300. The van der Waals surface area contributed by atoms with E-state index in [9.17, 15) is 4.79 Å². The third-order valence-electron chi connectivity index (χ3n) is 5.12. The number of nitrogens with one attached hydrogen (secondary N) is 1. The van der Waals surface area contributed by atoms with Gasteiger partial charge in [-0.3, -0.25) is 9.48 Å². The predicted molar refractivity (Wildman–Crippen MR) is 133 cm³/mol. The molecule has 0 saturated carbocycles. The number of carbonyl (C=O) groups excluding carboxylic acids is 1. The van der Waals surface area contributed by atoms with Crippen LogP contribution in [0.2, 0.25) is 0 Å². The monoisotopic (exact) mass is 572 g/mol. The lowest BCUT2D eigenvalue weighted by molar-refractivity contribution is 0.101. The zero-order valence-electron chi connectivity index (χ0n) is 18.4. The number of hydrogen-bond donors (Lipinski definition) is 1. The van der Waals surface area contributed by atoms with E-state index in [2.05, 4.69) is 47.4 Å². The van der Waals surface area contributed by atoms with Crippen molar-refractivity contribution in [1.29, 1.82) is 0 Å². The minimum absolute atomic E-state index is 0.168. The number of rotatable bonds is 7. The van der Waals surface area contributed by atoms with Gasteiger partial charge in [0, 0.05) is 10.7 Å². The molecule has 2 aromatic carbocycles. The molecule has 0 radical (unpaired) electrons. The Balaban J connectivity index is 1.47. The van der Waals surface area contributed by atoms with E-state index in [-0.39, 0.29) is 12.3 Å². The highest BCUT2D eigenvalue weighted by molar-refractivity contribution is 9.10. The third-order valence-corrected chi connectivity index (χ3v) is 6.23. The van der Waals surface area contributed by atoms with E-state index < -0.39 is 5.91 Å². The summed E-state index contributed by atoms with van der Waals surface area (Å²) in [6.07, 6.45) is 1.82. The van der Waals surface area contributed by atoms with Crippen molar-refractivity contribution < 1.29 is 14.1 Å². The van der Waals surface area contributed by atoms with Crippen molar-refractivity contribution in [3.63, 3.8) is 0 Å². The van der Waals surface area contributed by atoms with Crippen molar-refractivity contribution in [2.45, 2.75) is 33.9 Å². The molecule has 33 heavy (non-hydrogen) atoms. The van der Waals surface area contributed by atoms with E-state index in [1.165, 1.54) is 0 Å².